The molecule has 6 nitrogen and oxygen atoms in total. The molecule has 0 heterocycles. The Morgan fingerprint density at radius 2 is 1.56 bits per heavy atom. The first-order valence-corrected chi connectivity index (χ1v) is 11.8. The van der Waals surface area contributed by atoms with Crippen molar-refractivity contribution in [3.63, 3.8) is 0 Å². The maximum absolute atomic E-state index is 13.3. The lowest BCUT2D eigenvalue weighted by Crippen LogP contribution is -2.02. The molecule has 1 atom stereocenters. The Morgan fingerprint density at radius 3 is 2.04 bits per heavy atom. The van der Waals surface area contributed by atoms with E-state index < -0.39 is 15.0 Å². The fourth-order valence-electron chi connectivity index (χ4n) is 2.37. The van der Waals surface area contributed by atoms with Gasteiger partial charge in [0.1, 0.15) is 10.8 Å². The highest BCUT2D eigenvalue weighted by molar-refractivity contribution is 7.81. The van der Waals surface area contributed by atoms with Gasteiger partial charge in [0, 0.05) is 6.66 Å². The second kappa shape index (κ2) is 9.70. The van der Waals surface area contributed by atoms with E-state index in [2.05, 4.69) is 0 Å². The highest BCUT2D eigenvalue weighted by Gasteiger charge is 2.40. The molecule has 1 aromatic rings. The number of hydrogen-bond donors (Lipinski definition) is 0. The van der Waals surface area contributed by atoms with Crippen molar-refractivity contribution in [3.05, 3.63) is 34.4 Å². The van der Waals surface area contributed by atoms with Crippen LogP contribution < -0.4 is 4.74 Å². The lowest BCUT2D eigenvalue weighted by atomic mass is 10.1. The molecule has 0 spiro atoms. The van der Waals surface area contributed by atoms with Crippen molar-refractivity contribution >= 4 is 21.0 Å². The van der Waals surface area contributed by atoms with Gasteiger partial charge < -0.3 is 18.3 Å². The van der Waals surface area contributed by atoms with Gasteiger partial charge in [0.15, 0.2) is 0 Å². The van der Waals surface area contributed by atoms with Crippen LogP contribution in [0, 0.1) is 6.92 Å². The Kier molecular flexibility index (Phi) is 8.59. The van der Waals surface area contributed by atoms with Crippen LogP contribution in [0.1, 0.15) is 31.9 Å². The molecular weight excluding hydrogens is 362 g/mol. The third-order valence-electron chi connectivity index (χ3n) is 3.27. The Bertz CT molecular complexity index is 688. The molecule has 0 bridgehead atoms. The minimum absolute atomic E-state index is 0.0539. The predicted octanol–water partition coefficient (Wildman–Crippen LogP) is 5.51. The molecule has 0 aromatic heterocycles. The summed E-state index contributed by atoms with van der Waals surface area (Å²) < 4.78 is 47.9. The molecule has 0 aliphatic heterocycles. The van der Waals surface area contributed by atoms with E-state index in [9.17, 15) is 9.13 Å². The minimum Gasteiger partial charge on any atom is -0.497 e. The number of benzene rings is 1. The third kappa shape index (κ3) is 6.09. The van der Waals surface area contributed by atoms with E-state index in [4.69, 9.17) is 18.3 Å². The fraction of sp³-hybridized carbons (Fsp3) is 0.529. The number of hydrogen-bond acceptors (Lipinski definition) is 6. The molecule has 0 radical (unpaired) electrons. The van der Waals surface area contributed by atoms with Crippen molar-refractivity contribution in [3.8, 4) is 5.75 Å². The molecule has 0 aliphatic rings. The lowest BCUT2D eigenvalue weighted by Gasteiger charge is -2.24. The molecule has 1 unspecified atom stereocenters. The van der Waals surface area contributed by atoms with Crippen LogP contribution in [0.4, 0.5) is 0 Å². The summed E-state index contributed by atoms with van der Waals surface area (Å²) in [6, 6.07) is 5.51. The van der Waals surface area contributed by atoms with Gasteiger partial charge in [-0.3, -0.25) is 9.13 Å². The van der Waals surface area contributed by atoms with Crippen LogP contribution in [0.2, 0.25) is 0 Å². The molecule has 0 amide bonds. The van der Waals surface area contributed by atoms with Crippen molar-refractivity contribution < 1.29 is 27.4 Å². The number of methoxy groups -OCH3 is 1. The second-order valence-corrected chi connectivity index (χ2v) is 10.2. The van der Waals surface area contributed by atoms with Crippen LogP contribution in [0.25, 0.3) is 6.08 Å². The molecule has 0 aliphatic carbocycles. The van der Waals surface area contributed by atoms with Crippen LogP contribution in [-0.2, 0) is 22.7 Å². The Balaban J connectivity index is 3.58. The third-order valence-corrected chi connectivity index (χ3v) is 8.70. The average molecular weight is 390 g/mol. The molecule has 8 heteroatoms. The molecule has 1 rings (SSSR count). The SMILES string of the molecule is CCOP(C)(=O)/C(=C\c1cc(C)cc(OC)c1)P(=O)(OCC)OCC. The monoisotopic (exact) mass is 390 g/mol. The second-order valence-electron chi connectivity index (χ2n) is 5.38. The maximum Gasteiger partial charge on any atom is 0.367 e. The summed E-state index contributed by atoms with van der Waals surface area (Å²) in [5.74, 6) is 0.649. The molecule has 0 saturated heterocycles. The van der Waals surface area contributed by atoms with Gasteiger partial charge in [-0.25, -0.2) is 0 Å². The smallest absolute Gasteiger partial charge is 0.367 e. The van der Waals surface area contributed by atoms with Crippen molar-refractivity contribution in [2.75, 3.05) is 33.6 Å². The molecule has 25 heavy (non-hydrogen) atoms. The van der Waals surface area contributed by atoms with Crippen molar-refractivity contribution in [2.45, 2.75) is 27.7 Å². The van der Waals surface area contributed by atoms with Gasteiger partial charge in [0.2, 0.25) is 7.37 Å². The van der Waals surface area contributed by atoms with E-state index in [1.54, 1.807) is 40.0 Å². The average Bonchev–Trinajstić information content (AvgIpc) is 2.52. The lowest BCUT2D eigenvalue weighted by molar-refractivity contribution is 0.227. The molecule has 0 saturated carbocycles. The molecule has 1 aromatic carbocycles. The first kappa shape index (κ1) is 22.1. The summed E-state index contributed by atoms with van der Waals surface area (Å²) in [4.78, 5) is 0. The van der Waals surface area contributed by atoms with Crippen LogP contribution >= 0.6 is 15.0 Å². The Hall–Kier alpha value is -0.900. The zero-order valence-corrected chi connectivity index (χ0v) is 17.6. The van der Waals surface area contributed by atoms with Crippen molar-refractivity contribution in [2.24, 2.45) is 0 Å². The van der Waals surface area contributed by atoms with Crippen molar-refractivity contribution in [1.29, 1.82) is 0 Å². The summed E-state index contributed by atoms with van der Waals surface area (Å²) in [6.45, 7) is 9.05. The van der Waals surface area contributed by atoms with Crippen molar-refractivity contribution in [1.82, 2.24) is 0 Å². The number of rotatable bonds is 10. The van der Waals surface area contributed by atoms with Crippen LogP contribution in [0.3, 0.4) is 0 Å². The van der Waals surface area contributed by atoms with E-state index in [1.165, 1.54) is 6.66 Å². The maximum atomic E-state index is 13.3. The summed E-state index contributed by atoms with van der Waals surface area (Å²) in [5.41, 5.74) is 1.64. The highest BCUT2D eigenvalue weighted by atomic mass is 31.2. The normalized spacial score (nSPS) is 15.0. The van der Waals surface area contributed by atoms with Gasteiger partial charge in [-0.15, -0.1) is 0 Å². The van der Waals surface area contributed by atoms with E-state index in [0.29, 0.717) is 11.3 Å². The van der Waals surface area contributed by atoms with E-state index in [-0.39, 0.29) is 24.9 Å². The van der Waals surface area contributed by atoms with Gasteiger partial charge in [0.25, 0.3) is 0 Å². The quantitative estimate of drug-likeness (QED) is 0.491. The number of ether oxygens (including phenoxy) is 1. The summed E-state index contributed by atoms with van der Waals surface area (Å²) in [5, 5.41) is 0.0539. The van der Waals surface area contributed by atoms with E-state index in [1.807, 2.05) is 19.1 Å². The minimum atomic E-state index is -3.75. The van der Waals surface area contributed by atoms with Crippen LogP contribution in [-0.4, -0.2) is 33.6 Å². The molecule has 0 N–H and O–H groups in total. The molecule has 142 valence electrons. The Morgan fingerprint density at radius 1 is 1.00 bits per heavy atom. The van der Waals surface area contributed by atoms with Gasteiger partial charge in [-0.1, -0.05) is 6.07 Å². The van der Waals surface area contributed by atoms with Gasteiger partial charge >= 0.3 is 7.60 Å². The van der Waals surface area contributed by atoms with Gasteiger partial charge in [0.05, 0.1) is 26.9 Å². The summed E-state index contributed by atoms with van der Waals surface area (Å²) in [6.07, 6.45) is 1.57. The van der Waals surface area contributed by atoms with E-state index >= 15 is 0 Å². The van der Waals surface area contributed by atoms with Gasteiger partial charge in [-0.05, 0) is 57.0 Å². The topological polar surface area (TPSA) is 71.1 Å². The van der Waals surface area contributed by atoms with E-state index in [0.717, 1.165) is 5.56 Å². The zero-order chi connectivity index (χ0) is 19.1. The largest absolute Gasteiger partial charge is 0.497 e. The fourth-order valence-corrected chi connectivity index (χ4v) is 7.00. The highest BCUT2D eigenvalue weighted by Crippen LogP contribution is 2.72. The van der Waals surface area contributed by atoms with Crippen LogP contribution in [0.5, 0.6) is 5.75 Å². The molecule has 0 fully saturated rings. The molecular formula is C17H28O6P2. The Labute approximate surface area is 150 Å². The van der Waals surface area contributed by atoms with Gasteiger partial charge in [-0.2, -0.15) is 0 Å². The van der Waals surface area contributed by atoms with Crippen LogP contribution in [0.15, 0.2) is 23.3 Å². The summed E-state index contributed by atoms with van der Waals surface area (Å²) >= 11 is 0. The zero-order valence-electron chi connectivity index (χ0n) is 15.8. The first-order chi connectivity index (χ1) is 11.7. The summed E-state index contributed by atoms with van der Waals surface area (Å²) in [7, 11) is -5.56. The number of aryl methyl sites for hydroxylation is 1. The predicted molar refractivity (Wildman–Crippen MR) is 102 cm³/mol. The standard InChI is InChI=1S/C17H28O6P2/c1-7-21-24(6,18)17(25(19,22-8-2)23-9-3)13-15-10-14(4)11-16(12-15)20-5/h10-13H,7-9H2,1-6H3/b17-13+. The first-order valence-electron chi connectivity index (χ1n) is 8.22.